The highest BCUT2D eigenvalue weighted by Gasteiger charge is 2.23. The molecule has 0 N–H and O–H groups in total. The SMILES string of the molecule is COc1ncccc1CN1CCC(CCc2ccccc2N2CCN(C(C)=O)CC2)CC1. The van der Waals surface area contributed by atoms with E-state index in [2.05, 4.69) is 45.1 Å². The first-order valence-corrected chi connectivity index (χ1v) is 11.9. The number of piperazine rings is 1. The average molecular weight is 437 g/mol. The maximum atomic E-state index is 11.6. The predicted molar refractivity (Wildman–Crippen MR) is 128 cm³/mol. The number of carbonyl (C=O) groups is 1. The van der Waals surface area contributed by atoms with Crippen LogP contribution in [-0.2, 0) is 17.8 Å². The lowest BCUT2D eigenvalue weighted by atomic mass is 9.90. The Balaban J connectivity index is 1.27. The molecule has 0 saturated carbocycles. The van der Waals surface area contributed by atoms with Crippen molar-refractivity contribution >= 4 is 11.6 Å². The summed E-state index contributed by atoms with van der Waals surface area (Å²) in [4.78, 5) is 22.9. The number of carbonyl (C=O) groups excluding carboxylic acids is 1. The van der Waals surface area contributed by atoms with Gasteiger partial charge in [0.15, 0.2) is 0 Å². The van der Waals surface area contributed by atoms with Crippen molar-refractivity contribution in [3.8, 4) is 5.88 Å². The third kappa shape index (κ3) is 5.60. The fourth-order valence-electron chi connectivity index (χ4n) is 5.05. The molecule has 6 nitrogen and oxygen atoms in total. The van der Waals surface area contributed by atoms with Gasteiger partial charge in [0.05, 0.1) is 7.11 Å². The van der Waals surface area contributed by atoms with E-state index in [9.17, 15) is 4.79 Å². The van der Waals surface area contributed by atoms with E-state index >= 15 is 0 Å². The Kier molecular flexibility index (Phi) is 7.63. The van der Waals surface area contributed by atoms with Gasteiger partial charge in [-0.25, -0.2) is 4.98 Å². The van der Waals surface area contributed by atoms with Crippen LogP contribution in [0.15, 0.2) is 42.6 Å². The van der Waals surface area contributed by atoms with E-state index in [0.717, 1.165) is 64.0 Å². The number of hydrogen-bond donors (Lipinski definition) is 0. The van der Waals surface area contributed by atoms with Crippen molar-refractivity contribution in [2.24, 2.45) is 5.92 Å². The molecule has 172 valence electrons. The molecule has 2 aromatic rings. The van der Waals surface area contributed by atoms with Gasteiger partial charge in [0.2, 0.25) is 11.8 Å². The summed E-state index contributed by atoms with van der Waals surface area (Å²) in [6.45, 7) is 8.35. The molecule has 3 heterocycles. The average Bonchev–Trinajstić information content (AvgIpc) is 2.84. The molecule has 2 saturated heterocycles. The molecule has 0 aliphatic carbocycles. The largest absolute Gasteiger partial charge is 0.481 e. The summed E-state index contributed by atoms with van der Waals surface area (Å²) >= 11 is 0. The number of aromatic nitrogens is 1. The molecule has 0 atom stereocenters. The van der Waals surface area contributed by atoms with Gasteiger partial charge in [0.1, 0.15) is 0 Å². The summed E-state index contributed by atoms with van der Waals surface area (Å²) in [6, 6.07) is 12.9. The molecule has 0 radical (unpaired) electrons. The topological polar surface area (TPSA) is 48.9 Å². The molecule has 4 rings (SSSR count). The van der Waals surface area contributed by atoms with E-state index in [1.807, 2.05) is 11.0 Å². The number of likely N-dealkylation sites (tertiary alicyclic amines) is 1. The van der Waals surface area contributed by atoms with Gasteiger partial charge in [0, 0.05) is 57.1 Å². The van der Waals surface area contributed by atoms with Gasteiger partial charge in [-0.15, -0.1) is 0 Å². The monoisotopic (exact) mass is 436 g/mol. The number of anilines is 1. The minimum Gasteiger partial charge on any atom is -0.481 e. The lowest BCUT2D eigenvalue weighted by Gasteiger charge is -2.37. The highest BCUT2D eigenvalue weighted by Crippen LogP contribution is 2.28. The number of nitrogens with zero attached hydrogens (tertiary/aromatic N) is 4. The lowest BCUT2D eigenvalue weighted by Crippen LogP contribution is -2.48. The van der Waals surface area contributed by atoms with Crippen LogP contribution in [0.5, 0.6) is 5.88 Å². The number of hydrogen-bond acceptors (Lipinski definition) is 5. The molecule has 1 amide bonds. The number of para-hydroxylation sites is 1. The fraction of sp³-hybridized carbons (Fsp3) is 0.538. The third-order valence-electron chi connectivity index (χ3n) is 7.02. The number of aryl methyl sites for hydroxylation is 1. The van der Waals surface area contributed by atoms with E-state index in [1.54, 1.807) is 20.2 Å². The quantitative estimate of drug-likeness (QED) is 0.664. The van der Waals surface area contributed by atoms with Gasteiger partial charge < -0.3 is 14.5 Å². The van der Waals surface area contributed by atoms with Crippen molar-refractivity contribution in [1.82, 2.24) is 14.8 Å². The number of piperidine rings is 1. The van der Waals surface area contributed by atoms with Crippen LogP contribution in [0.4, 0.5) is 5.69 Å². The molecule has 32 heavy (non-hydrogen) atoms. The van der Waals surface area contributed by atoms with Gasteiger partial charge in [-0.05, 0) is 62.4 Å². The Morgan fingerprint density at radius 3 is 2.44 bits per heavy atom. The Labute approximate surface area is 192 Å². The second-order valence-corrected chi connectivity index (χ2v) is 9.05. The second-order valence-electron chi connectivity index (χ2n) is 9.05. The van der Waals surface area contributed by atoms with Crippen LogP contribution in [-0.4, -0.2) is 67.1 Å². The van der Waals surface area contributed by atoms with Crippen LogP contribution in [0, 0.1) is 5.92 Å². The molecule has 2 aliphatic heterocycles. The molecule has 6 heteroatoms. The van der Waals surface area contributed by atoms with E-state index < -0.39 is 0 Å². The van der Waals surface area contributed by atoms with Gasteiger partial charge in [0.25, 0.3) is 0 Å². The predicted octanol–water partition coefficient (Wildman–Crippen LogP) is 3.60. The highest BCUT2D eigenvalue weighted by atomic mass is 16.5. The summed E-state index contributed by atoms with van der Waals surface area (Å²) in [5, 5.41) is 0. The number of benzene rings is 1. The Bertz CT molecular complexity index is 887. The van der Waals surface area contributed by atoms with Crippen LogP contribution in [0.1, 0.15) is 37.3 Å². The van der Waals surface area contributed by atoms with Gasteiger partial charge in [-0.3, -0.25) is 9.69 Å². The minimum atomic E-state index is 0.186. The summed E-state index contributed by atoms with van der Waals surface area (Å²) in [7, 11) is 1.69. The van der Waals surface area contributed by atoms with Crippen molar-refractivity contribution in [1.29, 1.82) is 0 Å². The molecular formula is C26H36N4O2. The second kappa shape index (κ2) is 10.8. The van der Waals surface area contributed by atoms with Crippen LogP contribution in [0.3, 0.4) is 0 Å². The Morgan fingerprint density at radius 1 is 1.00 bits per heavy atom. The lowest BCUT2D eigenvalue weighted by molar-refractivity contribution is -0.129. The Hall–Kier alpha value is -2.60. The van der Waals surface area contributed by atoms with Crippen LogP contribution < -0.4 is 9.64 Å². The number of pyridine rings is 1. The molecule has 2 aliphatic rings. The standard InChI is InChI=1S/C26H36N4O2/c1-21(31)29-16-18-30(19-17-29)25-8-4-3-6-23(25)10-9-22-11-14-28(15-12-22)20-24-7-5-13-27-26(24)32-2/h3-8,13,22H,9-12,14-20H2,1-2H3. The Morgan fingerprint density at radius 2 is 1.72 bits per heavy atom. The summed E-state index contributed by atoms with van der Waals surface area (Å²) in [5.74, 6) is 1.71. The number of ether oxygens (including phenoxy) is 1. The van der Waals surface area contributed by atoms with Crippen molar-refractivity contribution in [2.45, 2.75) is 39.2 Å². The number of amides is 1. The highest BCUT2D eigenvalue weighted by molar-refractivity contribution is 5.73. The summed E-state index contributed by atoms with van der Waals surface area (Å²) in [6.07, 6.45) is 6.67. The molecule has 0 spiro atoms. The molecule has 0 unspecified atom stereocenters. The smallest absolute Gasteiger partial charge is 0.219 e. The molecular weight excluding hydrogens is 400 g/mol. The first-order chi connectivity index (χ1) is 15.6. The van der Waals surface area contributed by atoms with E-state index in [-0.39, 0.29) is 5.91 Å². The third-order valence-corrected chi connectivity index (χ3v) is 7.02. The van der Waals surface area contributed by atoms with E-state index in [0.29, 0.717) is 0 Å². The van der Waals surface area contributed by atoms with Crippen molar-refractivity contribution < 1.29 is 9.53 Å². The zero-order chi connectivity index (χ0) is 22.3. The minimum absolute atomic E-state index is 0.186. The van der Waals surface area contributed by atoms with Gasteiger partial charge >= 0.3 is 0 Å². The maximum absolute atomic E-state index is 11.6. The zero-order valence-corrected chi connectivity index (χ0v) is 19.5. The fourth-order valence-corrected chi connectivity index (χ4v) is 5.05. The van der Waals surface area contributed by atoms with Crippen molar-refractivity contribution in [3.05, 3.63) is 53.7 Å². The summed E-state index contributed by atoms with van der Waals surface area (Å²) in [5.41, 5.74) is 3.98. The van der Waals surface area contributed by atoms with Gasteiger partial charge in [-0.2, -0.15) is 0 Å². The van der Waals surface area contributed by atoms with Crippen molar-refractivity contribution in [2.75, 3.05) is 51.3 Å². The van der Waals surface area contributed by atoms with Crippen LogP contribution in [0.25, 0.3) is 0 Å². The maximum Gasteiger partial charge on any atom is 0.219 e. The normalized spacial score (nSPS) is 18.1. The van der Waals surface area contributed by atoms with Crippen LogP contribution >= 0.6 is 0 Å². The van der Waals surface area contributed by atoms with E-state index in [1.165, 1.54) is 36.1 Å². The molecule has 1 aromatic carbocycles. The molecule has 0 bridgehead atoms. The first-order valence-electron chi connectivity index (χ1n) is 11.9. The van der Waals surface area contributed by atoms with Crippen molar-refractivity contribution in [3.63, 3.8) is 0 Å². The number of rotatable bonds is 7. The van der Waals surface area contributed by atoms with E-state index in [4.69, 9.17) is 4.74 Å². The zero-order valence-electron chi connectivity index (χ0n) is 19.5. The first kappa shape index (κ1) is 22.6. The molecule has 1 aromatic heterocycles. The van der Waals surface area contributed by atoms with Crippen LogP contribution in [0.2, 0.25) is 0 Å². The summed E-state index contributed by atoms with van der Waals surface area (Å²) < 4.78 is 5.41. The number of methoxy groups -OCH3 is 1. The molecule has 2 fully saturated rings. The van der Waals surface area contributed by atoms with Gasteiger partial charge in [-0.1, -0.05) is 24.3 Å².